The monoisotopic (exact) mass is 272 g/mol. The molecule has 2 aliphatic heterocycles. The standard InChI is InChI=1S/C13H24N2O2S/c14-13-5-1-2-12(13)9-15(10-13)8-11-3-6-18(16,17)7-4-11/h11-12H,1-10,14H2. The van der Waals surface area contributed by atoms with E-state index in [-0.39, 0.29) is 5.54 Å². The summed E-state index contributed by atoms with van der Waals surface area (Å²) in [5.41, 5.74) is 6.54. The first-order valence-corrected chi connectivity index (χ1v) is 9.01. The Balaban J connectivity index is 1.53. The molecule has 2 atom stereocenters. The van der Waals surface area contributed by atoms with E-state index in [1.165, 1.54) is 19.3 Å². The molecule has 104 valence electrons. The lowest BCUT2D eigenvalue weighted by Crippen LogP contribution is -2.44. The third-order valence-corrected chi connectivity index (χ3v) is 6.91. The van der Waals surface area contributed by atoms with Crippen LogP contribution in [0.5, 0.6) is 0 Å². The van der Waals surface area contributed by atoms with Crippen LogP contribution in [-0.4, -0.2) is 50.0 Å². The second-order valence-corrected chi connectivity index (χ2v) is 8.92. The maximum atomic E-state index is 11.4. The molecule has 5 heteroatoms. The van der Waals surface area contributed by atoms with E-state index in [0.29, 0.717) is 23.3 Å². The molecule has 1 aliphatic carbocycles. The Hall–Kier alpha value is -0.130. The second kappa shape index (κ2) is 4.46. The lowest BCUT2D eigenvalue weighted by Gasteiger charge is -2.28. The molecule has 18 heavy (non-hydrogen) atoms. The minimum atomic E-state index is -2.72. The van der Waals surface area contributed by atoms with Crippen molar-refractivity contribution in [1.82, 2.24) is 4.90 Å². The zero-order valence-corrected chi connectivity index (χ0v) is 11.8. The van der Waals surface area contributed by atoms with Crippen molar-refractivity contribution in [1.29, 1.82) is 0 Å². The van der Waals surface area contributed by atoms with Crippen LogP contribution in [0.25, 0.3) is 0 Å². The molecule has 0 spiro atoms. The summed E-state index contributed by atoms with van der Waals surface area (Å²) in [6.45, 7) is 3.23. The Morgan fingerprint density at radius 3 is 2.61 bits per heavy atom. The van der Waals surface area contributed by atoms with Crippen LogP contribution in [0.15, 0.2) is 0 Å². The predicted octanol–water partition coefficient (Wildman–Crippen LogP) is 0.624. The summed E-state index contributed by atoms with van der Waals surface area (Å²) in [4.78, 5) is 2.49. The van der Waals surface area contributed by atoms with Gasteiger partial charge in [0.1, 0.15) is 9.84 Å². The number of sulfone groups is 1. The van der Waals surface area contributed by atoms with Crippen LogP contribution in [0.1, 0.15) is 32.1 Å². The van der Waals surface area contributed by atoms with Crippen molar-refractivity contribution in [2.45, 2.75) is 37.6 Å². The van der Waals surface area contributed by atoms with Crippen LogP contribution < -0.4 is 5.73 Å². The highest BCUT2D eigenvalue weighted by Gasteiger charge is 2.46. The van der Waals surface area contributed by atoms with E-state index in [1.54, 1.807) is 0 Å². The Bertz CT molecular complexity index is 409. The highest BCUT2D eigenvalue weighted by Crippen LogP contribution is 2.40. The lowest BCUT2D eigenvalue weighted by atomic mass is 9.92. The fraction of sp³-hybridized carbons (Fsp3) is 1.00. The quantitative estimate of drug-likeness (QED) is 0.800. The van der Waals surface area contributed by atoms with Gasteiger partial charge in [-0.2, -0.15) is 0 Å². The molecule has 0 aromatic carbocycles. The largest absolute Gasteiger partial charge is 0.324 e. The average molecular weight is 272 g/mol. The van der Waals surface area contributed by atoms with E-state index in [4.69, 9.17) is 5.73 Å². The van der Waals surface area contributed by atoms with Crippen molar-refractivity contribution in [2.75, 3.05) is 31.1 Å². The zero-order valence-electron chi connectivity index (χ0n) is 11.0. The third-order valence-electron chi connectivity index (χ3n) is 5.20. The molecule has 0 radical (unpaired) electrons. The second-order valence-electron chi connectivity index (χ2n) is 6.61. The van der Waals surface area contributed by atoms with Gasteiger partial charge in [-0.25, -0.2) is 8.42 Å². The third kappa shape index (κ3) is 2.45. The molecule has 2 saturated heterocycles. The molecular formula is C13H24N2O2S. The molecule has 0 aromatic heterocycles. The van der Waals surface area contributed by atoms with E-state index >= 15 is 0 Å². The number of nitrogens with two attached hydrogens (primary N) is 1. The minimum absolute atomic E-state index is 0.0702. The highest BCUT2D eigenvalue weighted by atomic mass is 32.2. The molecule has 3 rings (SSSR count). The van der Waals surface area contributed by atoms with Crippen molar-refractivity contribution in [3.63, 3.8) is 0 Å². The molecule has 2 heterocycles. The van der Waals surface area contributed by atoms with Gasteiger partial charge in [-0.3, -0.25) is 0 Å². The first-order valence-electron chi connectivity index (χ1n) is 7.19. The normalized spacial score (nSPS) is 41.1. The van der Waals surface area contributed by atoms with Gasteiger partial charge in [0.05, 0.1) is 11.5 Å². The van der Waals surface area contributed by atoms with Gasteiger partial charge in [0.2, 0.25) is 0 Å². The van der Waals surface area contributed by atoms with Gasteiger partial charge in [0, 0.05) is 25.2 Å². The molecule has 1 saturated carbocycles. The zero-order chi connectivity index (χ0) is 12.8. The lowest BCUT2D eigenvalue weighted by molar-refractivity contribution is 0.244. The van der Waals surface area contributed by atoms with Crippen molar-refractivity contribution >= 4 is 9.84 Å². The number of hydrogen-bond acceptors (Lipinski definition) is 4. The molecule has 3 aliphatic rings. The van der Waals surface area contributed by atoms with Gasteiger partial charge in [-0.1, -0.05) is 6.42 Å². The van der Waals surface area contributed by atoms with Gasteiger partial charge in [0.25, 0.3) is 0 Å². The summed E-state index contributed by atoms with van der Waals surface area (Å²) in [7, 11) is -2.72. The van der Waals surface area contributed by atoms with E-state index < -0.39 is 9.84 Å². The molecule has 0 bridgehead atoms. The van der Waals surface area contributed by atoms with Crippen molar-refractivity contribution in [2.24, 2.45) is 17.6 Å². The van der Waals surface area contributed by atoms with E-state index in [1.807, 2.05) is 0 Å². The molecule has 2 unspecified atom stereocenters. The van der Waals surface area contributed by atoms with Crippen LogP contribution in [0.4, 0.5) is 0 Å². The number of rotatable bonds is 2. The SMILES string of the molecule is NC12CCCC1CN(CC1CCS(=O)(=O)CC1)C2. The number of fused-ring (bicyclic) bond motifs is 1. The van der Waals surface area contributed by atoms with Gasteiger partial charge in [-0.05, 0) is 37.5 Å². The van der Waals surface area contributed by atoms with Gasteiger partial charge < -0.3 is 10.6 Å². The van der Waals surface area contributed by atoms with Crippen molar-refractivity contribution in [3.8, 4) is 0 Å². The first-order chi connectivity index (χ1) is 8.47. The summed E-state index contributed by atoms with van der Waals surface area (Å²) < 4.78 is 22.8. The van der Waals surface area contributed by atoms with Crippen LogP contribution in [0.3, 0.4) is 0 Å². The maximum absolute atomic E-state index is 11.4. The molecule has 0 aromatic rings. The molecule has 0 amide bonds. The van der Waals surface area contributed by atoms with Crippen LogP contribution >= 0.6 is 0 Å². The van der Waals surface area contributed by atoms with E-state index in [9.17, 15) is 8.42 Å². The summed E-state index contributed by atoms with van der Waals surface area (Å²) in [6.07, 6.45) is 5.44. The number of likely N-dealkylation sites (tertiary alicyclic amines) is 1. The molecule has 4 nitrogen and oxygen atoms in total. The summed E-state index contributed by atoms with van der Waals surface area (Å²) >= 11 is 0. The minimum Gasteiger partial charge on any atom is -0.324 e. The van der Waals surface area contributed by atoms with Gasteiger partial charge >= 0.3 is 0 Å². The Labute approximate surface area is 110 Å². The summed E-state index contributed by atoms with van der Waals surface area (Å²) in [5, 5.41) is 0. The predicted molar refractivity (Wildman–Crippen MR) is 72.1 cm³/mol. The van der Waals surface area contributed by atoms with Crippen LogP contribution in [0, 0.1) is 11.8 Å². The molecular weight excluding hydrogens is 248 g/mol. The van der Waals surface area contributed by atoms with Crippen LogP contribution in [0.2, 0.25) is 0 Å². The van der Waals surface area contributed by atoms with Gasteiger partial charge in [-0.15, -0.1) is 0 Å². The fourth-order valence-corrected chi connectivity index (χ4v) is 5.66. The first kappa shape index (κ1) is 12.9. The average Bonchev–Trinajstić information content (AvgIpc) is 2.76. The highest BCUT2D eigenvalue weighted by molar-refractivity contribution is 7.91. The maximum Gasteiger partial charge on any atom is 0.150 e. The van der Waals surface area contributed by atoms with Gasteiger partial charge in [0.15, 0.2) is 0 Å². The van der Waals surface area contributed by atoms with Crippen molar-refractivity contribution in [3.05, 3.63) is 0 Å². The Morgan fingerprint density at radius 1 is 1.22 bits per heavy atom. The smallest absolute Gasteiger partial charge is 0.150 e. The number of hydrogen-bond donors (Lipinski definition) is 1. The fourth-order valence-electron chi connectivity index (χ4n) is 4.07. The van der Waals surface area contributed by atoms with E-state index in [0.717, 1.165) is 32.5 Å². The van der Waals surface area contributed by atoms with Crippen molar-refractivity contribution < 1.29 is 8.42 Å². The number of nitrogens with zero attached hydrogens (tertiary/aromatic N) is 1. The topological polar surface area (TPSA) is 63.4 Å². The van der Waals surface area contributed by atoms with Crippen LogP contribution in [-0.2, 0) is 9.84 Å². The van der Waals surface area contributed by atoms with E-state index in [2.05, 4.69) is 4.90 Å². The Morgan fingerprint density at radius 2 is 1.94 bits per heavy atom. The molecule has 3 fully saturated rings. The molecule has 2 N–H and O–H groups in total. The summed E-state index contributed by atoms with van der Waals surface area (Å²) in [5.74, 6) is 2.03. The Kier molecular flexibility index (Phi) is 3.19. The summed E-state index contributed by atoms with van der Waals surface area (Å²) in [6, 6.07) is 0.